The molecule has 1 aliphatic heterocycles. The SMILES string of the molecule is COc1ccc(CCNC(=O)NCc2ccc(N3CCOCC3)cc2)cc1. The molecule has 1 heterocycles. The van der Waals surface area contributed by atoms with Crippen molar-refractivity contribution in [2.24, 2.45) is 0 Å². The molecule has 2 aromatic carbocycles. The highest BCUT2D eigenvalue weighted by Crippen LogP contribution is 2.16. The number of urea groups is 1. The van der Waals surface area contributed by atoms with Crippen LogP contribution in [0.15, 0.2) is 48.5 Å². The molecule has 1 fully saturated rings. The summed E-state index contributed by atoms with van der Waals surface area (Å²) in [6, 6.07) is 16.0. The van der Waals surface area contributed by atoms with Crippen molar-refractivity contribution in [3.63, 3.8) is 0 Å². The van der Waals surface area contributed by atoms with Crippen LogP contribution in [0, 0.1) is 0 Å². The average Bonchev–Trinajstić information content (AvgIpc) is 2.74. The van der Waals surface area contributed by atoms with Gasteiger partial charge in [0.15, 0.2) is 0 Å². The van der Waals surface area contributed by atoms with Crippen molar-refractivity contribution in [3.8, 4) is 5.75 Å². The van der Waals surface area contributed by atoms with E-state index in [2.05, 4.69) is 39.8 Å². The Balaban J connectivity index is 1.37. The summed E-state index contributed by atoms with van der Waals surface area (Å²) in [5, 5.41) is 5.79. The van der Waals surface area contributed by atoms with Gasteiger partial charge in [0.1, 0.15) is 5.75 Å². The predicted octanol–water partition coefficient (Wildman–Crippen LogP) is 2.57. The van der Waals surface area contributed by atoms with Crippen molar-refractivity contribution in [2.75, 3.05) is 44.9 Å². The Bertz CT molecular complexity index is 710. The smallest absolute Gasteiger partial charge is 0.315 e. The lowest BCUT2D eigenvalue weighted by atomic mass is 10.1. The second-order valence-corrected chi connectivity index (χ2v) is 6.47. The van der Waals surface area contributed by atoms with Crippen molar-refractivity contribution < 1.29 is 14.3 Å². The molecule has 6 heteroatoms. The fourth-order valence-corrected chi connectivity index (χ4v) is 3.00. The summed E-state index contributed by atoms with van der Waals surface area (Å²) in [6.45, 7) is 4.51. The number of methoxy groups -OCH3 is 1. The quantitative estimate of drug-likeness (QED) is 0.787. The summed E-state index contributed by atoms with van der Waals surface area (Å²) in [5.74, 6) is 0.837. The van der Waals surface area contributed by atoms with Crippen LogP contribution < -0.4 is 20.3 Å². The highest BCUT2D eigenvalue weighted by Gasteiger charge is 2.10. The van der Waals surface area contributed by atoms with Gasteiger partial charge in [-0.15, -0.1) is 0 Å². The number of anilines is 1. The fraction of sp³-hybridized carbons (Fsp3) is 0.381. The van der Waals surface area contributed by atoms with Crippen LogP contribution >= 0.6 is 0 Å². The van der Waals surface area contributed by atoms with Crippen LogP contribution in [0.3, 0.4) is 0 Å². The number of ether oxygens (including phenoxy) is 2. The number of nitrogens with one attached hydrogen (secondary N) is 2. The van der Waals surface area contributed by atoms with Gasteiger partial charge in [-0.05, 0) is 41.8 Å². The number of carbonyl (C=O) groups excluding carboxylic acids is 1. The van der Waals surface area contributed by atoms with Crippen molar-refractivity contribution in [1.29, 1.82) is 0 Å². The van der Waals surface area contributed by atoms with Crippen LogP contribution in [0.2, 0.25) is 0 Å². The van der Waals surface area contributed by atoms with Crippen LogP contribution in [0.25, 0.3) is 0 Å². The molecule has 0 aliphatic carbocycles. The molecule has 1 aliphatic rings. The normalized spacial score (nSPS) is 13.9. The van der Waals surface area contributed by atoms with Gasteiger partial charge in [-0.1, -0.05) is 24.3 Å². The third-order valence-corrected chi connectivity index (χ3v) is 4.62. The maximum absolute atomic E-state index is 12.0. The van der Waals surface area contributed by atoms with Crippen molar-refractivity contribution in [3.05, 3.63) is 59.7 Å². The maximum Gasteiger partial charge on any atom is 0.315 e. The second-order valence-electron chi connectivity index (χ2n) is 6.47. The van der Waals surface area contributed by atoms with Crippen LogP contribution in [0.1, 0.15) is 11.1 Å². The average molecular weight is 369 g/mol. The minimum Gasteiger partial charge on any atom is -0.497 e. The molecule has 0 aromatic heterocycles. The number of amides is 2. The Morgan fingerprint density at radius 2 is 1.67 bits per heavy atom. The summed E-state index contributed by atoms with van der Waals surface area (Å²) in [6.07, 6.45) is 0.783. The predicted molar refractivity (Wildman–Crippen MR) is 106 cm³/mol. The van der Waals surface area contributed by atoms with Gasteiger partial charge in [0.05, 0.1) is 20.3 Å². The van der Waals surface area contributed by atoms with Gasteiger partial charge in [0.2, 0.25) is 0 Å². The zero-order valence-electron chi connectivity index (χ0n) is 15.7. The third kappa shape index (κ3) is 5.89. The first kappa shape index (κ1) is 19.0. The first-order chi connectivity index (χ1) is 13.2. The monoisotopic (exact) mass is 369 g/mol. The minimum atomic E-state index is -0.152. The van der Waals surface area contributed by atoms with Crippen LogP contribution in [0.5, 0.6) is 5.75 Å². The van der Waals surface area contributed by atoms with Crippen molar-refractivity contribution >= 4 is 11.7 Å². The molecular formula is C21H27N3O3. The molecule has 2 amide bonds. The van der Waals surface area contributed by atoms with E-state index in [0.717, 1.165) is 49.6 Å². The van der Waals surface area contributed by atoms with E-state index in [1.165, 1.54) is 5.69 Å². The number of hydrogen-bond acceptors (Lipinski definition) is 4. The summed E-state index contributed by atoms with van der Waals surface area (Å²) in [7, 11) is 1.65. The topological polar surface area (TPSA) is 62.8 Å². The molecule has 2 aromatic rings. The third-order valence-electron chi connectivity index (χ3n) is 4.62. The molecule has 27 heavy (non-hydrogen) atoms. The Morgan fingerprint density at radius 3 is 2.33 bits per heavy atom. The fourth-order valence-electron chi connectivity index (χ4n) is 3.00. The van der Waals surface area contributed by atoms with E-state index in [1.54, 1.807) is 7.11 Å². The minimum absolute atomic E-state index is 0.152. The highest BCUT2D eigenvalue weighted by atomic mass is 16.5. The van der Waals surface area contributed by atoms with Gasteiger partial charge in [-0.3, -0.25) is 0 Å². The molecule has 0 bridgehead atoms. The van der Waals surface area contributed by atoms with E-state index in [0.29, 0.717) is 13.1 Å². The van der Waals surface area contributed by atoms with Gasteiger partial charge < -0.3 is 25.0 Å². The van der Waals surface area contributed by atoms with E-state index in [4.69, 9.17) is 9.47 Å². The Hall–Kier alpha value is -2.73. The molecule has 0 atom stereocenters. The highest BCUT2D eigenvalue weighted by molar-refractivity contribution is 5.73. The summed E-state index contributed by atoms with van der Waals surface area (Å²) in [4.78, 5) is 14.3. The summed E-state index contributed by atoms with van der Waals surface area (Å²) < 4.78 is 10.5. The molecular weight excluding hydrogens is 342 g/mol. The number of morpholine rings is 1. The van der Waals surface area contributed by atoms with Gasteiger partial charge in [0, 0.05) is 31.9 Å². The van der Waals surface area contributed by atoms with E-state index in [9.17, 15) is 4.79 Å². The maximum atomic E-state index is 12.0. The number of carbonyl (C=O) groups is 1. The first-order valence-corrected chi connectivity index (χ1v) is 9.31. The molecule has 1 saturated heterocycles. The molecule has 0 unspecified atom stereocenters. The zero-order chi connectivity index (χ0) is 18.9. The van der Waals surface area contributed by atoms with E-state index >= 15 is 0 Å². The van der Waals surface area contributed by atoms with Crippen LogP contribution in [0.4, 0.5) is 10.5 Å². The van der Waals surface area contributed by atoms with Gasteiger partial charge >= 0.3 is 6.03 Å². The molecule has 2 N–H and O–H groups in total. The summed E-state index contributed by atoms with van der Waals surface area (Å²) in [5.41, 5.74) is 3.44. The number of nitrogens with zero attached hydrogens (tertiary/aromatic N) is 1. The van der Waals surface area contributed by atoms with E-state index in [1.807, 2.05) is 24.3 Å². The Morgan fingerprint density at radius 1 is 1.00 bits per heavy atom. The second kappa shape index (κ2) is 9.83. The van der Waals surface area contributed by atoms with Gasteiger partial charge in [-0.2, -0.15) is 0 Å². The van der Waals surface area contributed by atoms with E-state index in [-0.39, 0.29) is 6.03 Å². The van der Waals surface area contributed by atoms with Crippen LogP contribution in [-0.2, 0) is 17.7 Å². The molecule has 0 spiro atoms. The van der Waals surface area contributed by atoms with Crippen LogP contribution in [-0.4, -0.2) is 46.0 Å². The first-order valence-electron chi connectivity index (χ1n) is 9.31. The molecule has 6 nitrogen and oxygen atoms in total. The van der Waals surface area contributed by atoms with E-state index < -0.39 is 0 Å². The van der Waals surface area contributed by atoms with Gasteiger partial charge in [0.25, 0.3) is 0 Å². The number of benzene rings is 2. The zero-order valence-corrected chi connectivity index (χ0v) is 15.7. The lowest BCUT2D eigenvalue weighted by molar-refractivity contribution is 0.122. The van der Waals surface area contributed by atoms with Crippen molar-refractivity contribution in [2.45, 2.75) is 13.0 Å². The standard InChI is InChI=1S/C21H27N3O3/c1-26-20-8-4-17(5-9-20)10-11-22-21(25)23-16-18-2-6-19(7-3-18)24-12-14-27-15-13-24/h2-9H,10-16H2,1H3,(H2,22,23,25). The largest absolute Gasteiger partial charge is 0.497 e. The Labute approximate surface area is 160 Å². The molecule has 0 radical (unpaired) electrons. The molecule has 144 valence electrons. The number of hydrogen-bond donors (Lipinski definition) is 2. The molecule has 3 rings (SSSR count). The summed E-state index contributed by atoms with van der Waals surface area (Å²) >= 11 is 0. The Kier molecular flexibility index (Phi) is 6.93. The lowest BCUT2D eigenvalue weighted by Crippen LogP contribution is -2.36. The lowest BCUT2D eigenvalue weighted by Gasteiger charge is -2.28. The number of rotatable bonds is 7. The van der Waals surface area contributed by atoms with Gasteiger partial charge in [-0.25, -0.2) is 4.79 Å². The molecule has 0 saturated carbocycles. The van der Waals surface area contributed by atoms with Crippen molar-refractivity contribution in [1.82, 2.24) is 10.6 Å².